The van der Waals surface area contributed by atoms with Crippen LogP contribution >= 0.6 is 0 Å². The number of fused-ring (bicyclic) bond motifs is 1. The van der Waals surface area contributed by atoms with Crippen molar-refractivity contribution in [1.82, 2.24) is 29.4 Å². The Morgan fingerprint density at radius 3 is 2.30 bits per heavy atom. The lowest BCUT2D eigenvalue weighted by Gasteiger charge is -2.13. The van der Waals surface area contributed by atoms with Gasteiger partial charge in [0.15, 0.2) is 0 Å². The molecule has 0 fully saturated rings. The van der Waals surface area contributed by atoms with Crippen molar-refractivity contribution in [3.63, 3.8) is 0 Å². The third kappa shape index (κ3) is 2.13. The third-order valence-corrected chi connectivity index (χ3v) is 2.64. The van der Waals surface area contributed by atoms with Gasteiger partial charge in [-0.2, -0.15) is 0 Å². The molecular weight excluding hydrogens is 264 g/mol. The number of rotatable bonds is 2. The van der Waals surface area contributed by atoms with Crippen LogP contribution in [0.15, 0.2) is 10.9 Å². The van der Waals surface area contributed by atoms with Gasteiger partial charge in [0.1, 0.15) is 11.4 Å². The number of nitrogens with one attached hydrogen (secondary N) is 1. The summed E-state index contributed by atoms with van der Waals surface area (Å²) in [7, 11) is 6.23. The van der Waals surface area contributed by atoms with Crippen molar-refractivity contribution in [1.29, 1.82) is 0 Å². The second-order valence-electron chi connectivity index (χ2n) is 4.59. The minimum atomic E-state index is -0.582. The molecule has 0 aliphatic carbocycles. The second-order valence-corrected chi connectivity index (χ2v) is 4.59. The predicted octanol–water partition coefficient (Wildman–Crippen LogP) is -1.18. The number of carbonyl (C=O) groups excluding carboxylic acids is 2. The van der Waals surface area contributed by atoms with E-state index in [-0.39, 0.29) is 23.1 Å². The van der Waals surface area contributed by atoms with E-state index in [0.717, 1.165) is 4.40 Å². The van der Waals surface area contributed by atoms with E-state index < -0.39 is 11.6 Å². The Balaban J connectivity index is 2.75. The first-order valence-electron chi connectivity index (χ1n) is 5.74. The number of hydrogen-bond donors (Lipinski definition) is 1. The molecule has 0 radical (unpaired) electrons. The minimum absolute atomic E-state index is 0.0205. The summed E-state index contributed by atoms with van der Waals surface area (Å²) in [5, 5.41) is 5.90. The average molecular weight is 278 g/mol. The summed E-state index contributed by atoms with van der Waals surface area (Å²) in [6.45, 7) is 0. The van der Waals surface area contributed by atoms with Crippen molar-refractivity contribution in [2.75, 3.05) is 28.2 Å². The van der Waals surface area contributed by atoms with E-state index in [1.807, 2.05) is 0 Å². The lowest BCUT2D eigenvalue weighted by atomic mass is 10.2. The van der Waals surface area contributed by atoms with Gasteiger partial charge in [0.05, 0.1) is 0 Å². The summed E-state index contributed by atoms with van der Waals surface area (Å²) in [5.41, 5.74) is -0.503. The Morgan fingerprint density at radius 2 is 1.75 bits per heavy atom. The number of aromatic nitrogens is 4. The van der Waals surface area contributed by atoms with Gasteiger partial charge in [-0.1, -0.05) is 0 Å². The zero-order valence-electron chi connectivity index (χ0n) is 11.5. The largest absolute Gasteiger partial charge is 0.349 e. The van der Waals surface area contributed by atoms with E-state index >= 15 is 0 Å². The minimum Gasteiger partial charge on any atom is -0.343 e. The summed E-state index contributed by atoms with van der Waals surface area (Å²) in [5.74, 6) is -0.822. The SMILES string of the molecule is CN(C)C(=O)c1cc(C(=O)N(C)C)n2c(=O)[nH]nc2n1. The lowest BCUT2D eigenvalue weighted by molar-refractivity contribution is 0.0817. The Hall–Kier alpha value is -2.71. The normalized spacial score (nSPS) is 10.6. The van der Waals surface area contributed by atoms with Crippen LogP contribution in [-0.4, -0.2) is 69.4 Å². The van der Waals surface area contributed by atoms with Crippen LogP contribution in [0.25, 0.3) is 5.78 Å². The molecule has 0 aliphatic heterocycles. The Bertz CT molecular complexity index is 742. The molecule has 106 valence electrons. The van der Waals surface area contributed by atoms with Crippen molar-refractivity contribution in [3.8, 4) is 0 Å². The maximum Gasteiger partial charge on any atom is 0.349 e. The molecule has 0 saturated heterocycles. The molecule has 2 amide bonds. The van der Waals surface area contributed by atoms with Crippen molar-refractivity contribution in [2.45, 2.75) is 0 Å². The van der Waals surface area contributed by atoms with Gasteiger partial charge in [0.2, 0.25) is 0 Å². The number of hydrogen-bond acceptors (Lipinski definition) is 5. The second kappa shape index (κ2) is 4.76. The van der Waals surface area contributed by atoms with E-state index in [1.54, 1.807) is 28.2 Å². The standard InChI is InChI=1S/C11H14N6O3/c1-15(2)8(18)6-5-7(9(19)16(3)4)17-10(12-6)13-14-11(17)20/h5H,1-4H3,(H,14,20). The highest BCUT2D eigenvalue weighted by molar-refractivity contribution is 5.97. The fourth-order valence-corrected chi connectivity index (χ4v) is 1.64. The topological polar surface area (TPSA) is 104 Å². The molecular formula is C11H14N6O3. The molecule has 20 heavy (non-hydrogen) atoms. The van der Waals surface area contributed by atoms with Gasteiger partial charge < -0.3 is 9.80 Å². The average Bonchev–Trinajstić information content (AvgIpc) is 2.77. The molecule has 0 atom stereocenters. The van der Waals surface area contributed by atoms with Crippen LogP contribution in [0.1, 0.15) is 21.0 Å². The molecule has 1 N–H and O–H groups in total. The molecule has 9 heteroatoms. The van der Waals surface area contributed by atoms with Crippen molar-refractivity contribution >= 4 is 17.6 Å². The molecule has 0 saturated carbocycles. The van der Waals surface area contributed by atoms with Gasteiger partial charge in [-0.3, -0.25) is 9.59 Å². The fraction of sp³-hybridized carbons (Fsp3) is 0.364. The Labute approximate surface area is 113 Å². The zero-order chi connectivity index (χ0) is 15.0. The highest BCUT2D eigenvalue weighted by Crippen LogP contribution is 2.08. The van der Waals surface area contributed by atoms with Crippen LogP contribution in [0.3, 0.4) is 0 Å². The smallest absolute Gasteiger partial charge is 0.343 e. The summed E-state index contributed by atoms with van der Waals surface area (Å²) in [6.07, 6.45) is 0. The quantitative estimate of drug-likeness (QED) is 0.744. The molecule has 2 rings (SSSR count). The summed E-state index contributed by atoms with van der Waals surface area (Å²) >= 11 is 0. The number of aromatic amines is 1. The van der Waals surface area contributed by atoms with Crippen LogP contribution in [0, 0.1) is 0 Å². The number of H-pyrrole nitrogens is 1. The zero-order valence-corrected chi connectivity index (χ0v) is 11.5. The number of carbonyl (C=O) groups is 2. The molecule has 0 bridgehead atoms. The van der Waals surface area contributed by atoms with E-state index in [4.69, 9.17) is 0 Å². The fourth-order valence-electron chi connectivity index (χ4n) is 1.64. The molecule has 2 aromatic heterocycles. The van der Waals surface area contributed by atoms with Crippen molar-refractivity contribution in [3.05, 3.63) is 27.9 Å². The van der Waals surface area contributed by atoms with Crippen LogP contribution in [0.4, 0.5) is 0 Å². The third-order valence-electron chi connectivity index (χ3n) is 2.64. The number of nitrogens with zero attached hydrogens (tertiary/aromatic N) is 5. The number of amides is 2. The molecule has 0 aromatic carbocycles. The lowest BCUT2D eigenvalue weighted by Crippen LogP contribution is -2.29. The Kier molecular flexibility index (Phi) is 3.26. The van der Waals surface area contributed by atoms with Crippen molar-refractivity contribution in [2.24, 2.45) is 0 Å². The van der Waals surface area contributed by atoms with Gasteiger partial charge >= 0.3 is 5.69 Å². The van der Waals surface area contributed by atoms with Crippen LogP contribution in [0.5, 0.6) is 0 Å². The Morgan fingerprint density at radius 1 is 1.15 bits per heavy atom. The highest BCUT2D eigenvalue weighted by atomic mass is 16.2. The molecule has 0 aliphatic rings. The van der Waals surface area contributed by atoms with E-state index in [1.165, 1.54) is 15.9 Å². The first-order chi connectivity index (χ1) is 9.32. The molecule has 0 unspecified atom stereocenters. The monoisotopic (exact) mass is 278 g/mol. The van der Waals surface area contributed by atoms with Crippen LogP contribution < -0.4 is 5.69 Å². The first-order valence-corrected chi connectivity index (χ1v) is 5.74. The van der Waals surface area contributed by atoms with Crippen LogP contribution in [-0.2, 0) is 0 Å². The molecule has 2 aromatic rings. The van der Waals surface area contributed by atoms with Gasteiger partial charge in [-0.25, -0.2) is 19.3 Å². The van der Waals surface area contributed by atoms with Crippen molar-refractivity contribution < 1.29 is 9.59 Å². The van der Waals surface area contributed by atoms with Gasteiger partial charge in [-0.15, -0.1) is 5.10 Å². The van der Waals surface area contributed by atoms with Gasteiger partial charge in [0.25, 0.3) is 17.6 Å². The van der Waals surface area contributed by atoms with E-state index in [2.05, 4.69) is 15.2 Å². The van der Waals surface area contributed by atoms with Crippen LogP contribution in [0.2, 0.25) is 0 Å². The molecule has 0 spiro atoms. The van der Waals surface area contributed by atoms with Gasteiger partial charge in [0, 0.05) is 28.2 Å². The first kappa shape index (κ1) is 13.7. The maximum atomic E-state index is 12.1. The summed E-state index contributed by atoms with van der Waals surface area (Å²) in [4.78, 5) is 42.4. The molecule has 9 nitrogen and oxygen atoms in total. The maximum absolute atomic E-state index is 12.1. The van der Waals surface area contributed by atoms with E-state index in [0.29, 0.717) is 0 Å². The predicted molar refractivity (Wildman–Crippen MR) is 69.6 cm³/mol. The summed E-state index contributed by atoms with van der Waals surface area (Å²) in [6, 6.07) is 1.29. The van der Waals surface area contributed by atoms with E-state index in [9.17, 15) is 14.4 Å². The van der Waals surface area contributed by atoms with Gasteiger partial charge in [-0.05, 0) is 6.07 Å². The highest BCUT2D eigenvalue weighted by Gasteiger charge is 2.21. The summed E-state index contributed by atoms with van der Waals surface area (Å²) < 4.78 is 1.04. The molecule has 2 heterocycles.